The van der Waals surface area contributed by atoms with E-state index in [4.69, 9.17) is 0 Å². The summed E-state index contributed by atoms with van der Waals surface area (Å²) in [4.78, 5) is 3.11. The maximum Gasteiger partial charge on any atom is 0.416 e. The number of fused-ring (bicyclic) bond motifs is 1. The number of rotatable bonds is 3. The molecule has 1 aromatic heterocycles. The van der Waals surface area contributed by atoms with Crippen LogP contribution < -0.4 is 5.32 Å². The summed E-state index contributed by atoms with van der Waals surface area (Å²) in [5, 5.41) is 4.13. The van der Waals surface area contributed by atoms with E-state index in [2.05, 4.69) is 10.3 Å². The Morgan fingerprint density at radius 2 is 1.86 bits per heavy atom. The van der Waals surface area contributed by atoms with Gasteiger partial charge < -0.3 is 10.3 Å². The third kappa shape index (κ3) is 3.02. The maximum atomic E-state index is 12.6. The van der Waals surface area contributed by atoms with Crippen LogP contribution in [0, 0.1) is 0 Å². The van der Waals surface area contributed by atoms with Gasteiger partial charge in [-0.05, 0) is 41.3 Å². The van der Waals surface area contributed by atoms with Crippen LogP contribution in [0.4, 0.5) is 18.9 Å². The van der Waals surface area contributed by atoms with E-state index >= 15 is 0 Å². The van der Waals surface area contributed by atoms with Gasteiger partial charge in [0, 0.05) is 23.9 Å². The van der Waals surface area contributed by atoms with E-state index < -0.39 is 11.7 Å². The lowest BCUT2D eigenvalue weighted by atomic mass is 10.1. The highest BCUT2D eigenvalue weighted by atomic mass is 19.4. The molecule has 3 rings (SSSR count). The van der Waals surface area contributed by atoms with Gasteiger partial charge in [0.25, 0.3) is 0 Å². The van der Waals surface area contributed by atoms with Crippen molar-refractivity contribution < 1.29 is 13.2 Å². The molecule has 1 heterocycles. The second-order valence-electron chi connectivity index (χ2n) is 4.83. The zero-order valence-corrected chi connectivity index (χ0v) is 11.0. The number of H-pyrrole nitrogens is 1. The molecule has 0 bridgehead atoms. The van der Waals surface area contributed by atoms with E-state index in [0.717, 1.165) is 28.6 Å². The van der Waals surface area contributed by atoms with Crippen molar-refractivity contribution in [2.75, 3.05) is 5.32 Å². The molecule has 0 amide bonds. The molecule has 108 valence electrons. The maximum absolute atomic E-state index is 12.6. The average Bonchev–Trinajstić information content (AvgIpc) is 2.92. The van der Waals surface area contributed by atoms with E-state index in [1.165, 1.54) is 6.07 Å². The van der Waals surface area contributed by atoms with Crippen molar-refractivity contribution in [3.63, 3.8) is 0 Å². The van der Waals surface area contributed by atoms with Crippen LogP contribution in [0.5, 0.6) is 0 Å². The highest BCUT2D eigenvalue weighted by molar-refractivity contribution is 5.79. The Morgan fingerprint density at radius 1 is 1.00 bits per heavy atom. The molecule has 2 aromatic carbocycles. The summed E-state index contributed by atoms with van der Waals surface area (Å²) in [7, 11) is 0. The smallest absolute Gasteiger partial charge is 0.381 e. The van der Waals surface area contributed by atoms with Crippen LogP contribution in [-0.4, -0.2) is 4.98 Å². The van der Waals surface area contributed by atoms with Crippen molar-refractivity contribution in [3.8, 4) is 0 Å². The summed E-state index contributed by atoms with van der Waals surface area (Å²) in [6.45, 7) is 0.469. The highest BCUT2D eigenvalue weighted by Crippen LogP contribution is 2.30. The monoisotopic (exact) mass is 290 g/mol. The lowest BCUT2D eigenvalue weighted by molar-refractivity contribution is -0.137. The normalized spacial score (nSPS) is 11.8. The summed E-state index contributed by atoms with van der Waals surface area (Å²) < 4.78 is 37.9. The van der Waals surface area contributed by atoms with Crippen molar-refractivity contribution in [3.05, 3.63) is 65.9 Å². The van der Waals surface area contributed by atoms with Gasteiger partial charge in [0.05, 0.1) is 5.56 Å². The molecule has 5 heteroatoms. The molecule has 0 aliphatic rings. The molecule has 0 atom stereocenters. The minimum atomic E-state index is -4.32. The molecule has 2 nitrogen and oxygen atoms in total. The van der Waals surface area contributed by atoms with E-state index in [-0.39, 0.29) is 0 Å². The summed E-state index contributed by atoms with van der Waals surface area (Å²) in [6, 6.07) is 13.1. The van der Waals surface area contributed by atoms with Crippen molar-refractivity contribution in [2.45, 2.75) is 12.7 Å². The fourth-order valence-electron chi connectivity index (χ4n) is 2.21. The Labute approximate surface area is 119 Å². The first kappa shape index (κ1) is 13.5. The molecular weight excluding hydrogens is 277 g/mol. The van der Waals surface area contributed by atoms with Crippen LogP contribution in [-0.2, 0) is 12.7 Å². The standard InChI is InChI=1S/C16H13F3N2/c17-16(18,19)13-2-1-3-14(9-13)21-10-11-4-5-12-6-7-20-15(12)8-11/h1-9,20-21H,10H2. The van der Waals surface area contributed by atoms with E-state index in [1.807, 2.05) is 30.5 Å². The van der Waals surface area contributed by atoms with E-state index in [1.54, 1.807) is 6.07 Å². The Bertz CT molecular complexity index is 759. The zero-order chi connectivity index (χ0) is 14.9. The first-order chi connectivity index (χ1) is 10.0. The summed E-state index contributed by atoms with van der Waals surface area (Å²) >= 11 is 0. The fourth-order valence-corrected chi connectivity index (χ4v) is 2.21. The second kappa shape index (κ2) is 5.16. The first-order valence-electron chi connectivity index (χ1n) is 6.49. The van der Waals surface area contributed by atoms with Gasteiger partial charge in [-0.2, -0.15) is 13.2 Å². The Balaban J connectivity index is 1.75. The number of hydrogen-bond acceptors (Lipinski definition) is 1. The molecule has 0 saturated heterocycles. The molecule has 2 N–H and O–H groups in total. The van der Waals surface area contributed by atoms with Crippen LogP contribution >= 0.6 is 0 Å². The number of anilines is 1. The van der Waals surface area contributed by atoms with Crippen molar-refractivity contribution in [2.24, 2.45) is 0 Å². The number of benzene rings is 2. The largest absolute Gasteiger partial charge is 0.416 e. The minimum absolute atomic E-state index is 0.455. The van der Waals surface area contributed by atoms with Crippen LogP contribution in [0.25, 0.3) is 10.9 Å². The Hall–Kier alpha value is -2.43. The summed E-state index contributed by atoms with van der Waals surface area (Å²) in [5.74, 6) is 0. The number of aromatic nitrogens is 1. The quantitative estimate of drug-likeness (QED) is 0.712. The molecule has 0 saturated carbocycles. The third-order valence-electron chi connectivity index (χ3n) is 3.31. The summed E-state index contributed by atoms with van der Waals surface area (Å²) in [6.07, 6.45) is -2.46. The van der Waals surface area contributed by atoms with Crippen LogP contribution in [0.15, 0.2) is 54.7 Å². The number of hydrogen-bond donors (Lipinski definition) is 2. The van der Waals surface area contributed by atoms with Crippen LogP contribution in [0.2, 0.25) is 0 Å². The SMILES string of the molecule is FC(F)(F)c1cccc(NCc2ccc3cc[nH]c3c2)c1. The molecule has 0 fully saturated rings. The predicted molar refractivity (Wildman–Crippen MR) is 77.1 cm³/mol. The second-order valence-corrected chi connectivity index (χ2v) is 4.83. The number of nitrogens with one attached hydrogen (secondary N) is 2. The van der Waals surface area contributed by atoms with Crippen LogP contribution in [0.1, 0.15) is 11.1 Å². The molecule has 0 aliphatic heterocycles. The van der Waals surface area contributed by atoms with Crippen molar-refractivity contribution in [1.82, 2.24) is 4.98 Å². The highest BCUT2D eigenvalue weighted by Gasteiger charge is 2.30. The van der Waals surface area contributed by atoms with Gasteiger partial charge in [-0.1, -0.05) is 18.2 Å². The topological polar surface area (TPSA) is 27.8 Å². The number of alkyl halides is 3. The molecule has 0 radical (unpaired) electrons. The number of halogens is 3. The average molecular weight is 290 g/mol. The fraction of sp³-hybridized carbons (Fsp3) is 0.125. The van der Waals surface area contributed by atoms with E-state index in [0.29, 0.717) is 12.2 Å². The van der Waals surface area contributed by atoms with Crippen molar-refractivity contribution in [1.29, 1.82) is 0 Å². The third-order valence-corrected chi connectivity index (χ3v) is 3.31. The molecular formula is C16H13F3N2. The molecule has 0 aliphatic carbocycles. The molecule has 0 unspecified atom stereocenters. The van der Waals surface area contributed by atoms with Gasteiger partial charge in [0.2, 0.25) is 0 Å². The number of aromatic amines is 1. The predicted octanol–water partition coefficient (Wildman–Crippen LogP) is 4.80. The van der Waals surface area contributed by atoms with Gasteiger partial charge in [-0.25, -0.2) is 0 Å². The van der Waals surface area contributed by atoms with Crippen LogP contribution in [0.3, 0.4) is 0 Å². The van der Waals surface area contributed by atoms with Gasteiger partial charge >= 0.3 is 6.18 Å². The van der Waals surface area contributed by atoms with Gasteiger partial charge in [0.15, 0.2) is 0 Å². The van der Waals surface area contributed by atoms with E-state index in [9.17, 15) is 13.2 Å². The Morgan fingerprint density at radius 3 is 2.67 bits per heavy atom. The summed E-state index contributed by atoms with van der Waals surface area (Å²) in [5.41, 5.74) is 1.82. The Kier molecular flexibility index (Phi) is 3.33. The van der Waals surface area contributed by atoms with Gasteiger partial charge in [-0.15, -0.1) is 0 Å². The molecule has 21 heavy (non-hydrogen) atoms. The lowest BCUT2D eigenvalue weighted by Gasteiger charge is -2.10. The van der Waals surface area contributed by atoms with Crippen molar-refractivity contribution >= 4 is 16.6 Å². The first-order valence-corrected chi connectivity index (χ1v) is 6.49. The lowest BCUT2D eigenvalue weighted by Crippen LogP contribution is -2.06. The van der Waals surface area contributed by atoms with Gasteiger partial charge in [0.1, 0.15) is 0 Å². The van der Waals surface area contributed by atoms with Gasteiger partial charge in [-0.3, -0.25) is 0 Å². The minimum Gasteiger partial charge on any atom is -0.381 e. The molecule has 3 aromatic rings. The molecule has 0 spiro atoms. The zero-order valence-electron chi connectivity index (χ0n) is 11.0.